The molecule has 1 aromatic rings. The maximum Gasteiger partial charge on any atom is 0.326 e. The average molecular weight is 265 g/mol. The Kier molecular flexibility index (Phi) is 5.99. The van der Waals surface area contributed by atoms with Crippen LogP contribution in [0.25, 0.3) is 0 Å². The largest absolute Gasteiger partial charge is 0.459 e. The molecule has 0 bridgehead atoms. The standard InChI is InChI=1S/C15H23NO3/c1-15(2,3)19-14(17)13(16-4)11-18-10-12-8-6-5-7-9-12/h5-9,13,16H,10-11H2,1-4H3/t13-/m0/s1. The van der Waals surface area contributed by atoms with Gasteiger partial charge in [0.1, 0.15) is 11.6 Å². The molecule has 0 saturated heterocycles. The molecular weight excluding hydrogens is 242 g/mol. The van der Waals surface area contributed by atoms with Crippen molar-refractivity contribution in [2.24, 2.45) is 0 Å². The molecule has 0 aliphatic carbocycles. The molecule has 0 heterocycles. The van der Waals surface area contributed by atoms with Crippen LogP contribution in [0.5, 0.6) is 0 Å². The number of hydrogen-bond donors (Lipinski definition) is 1. The molecule has 1 aromatic carbocycles. The highest BCUT2D eigenvalue weighted by atomic mass is 16.6. The molecule has 19 heavy (non-hydrogen) atoms. The van der Waals surface area contributed by atoms with E-state index in [2.05, 4.69) is 5.32 Å². The van der Waals surface area contributed by atoms with Crippen LogP contribution in [0.15, 0.2) is 30.3 Å². The van der Waals surface area contributed by atoms with Crippen LogP contribution in [0.4, 0.5) is 0 Å². The van der Waals surface area contributed by atoms with Gasteiger partial charge < -0.3 is 14.8 Å². The van der Waals surface area contributed by atoms with Crippen molar-refractivity contribution in [1.29, 1.82) is 0 Å². The highest BCUT2D eigenvalue weighted by molar-refractivity contribution is 5.76. The van der Waals surface area contributed by atoms with Crippen LogP contribution in [0.2, 0.25) is 0 Å². The molecule has 0 aromatic heterocycles. The van der Waals surface area contributed by atoms with E-state index < -0.39 is 11.6 Å². The van der Waals surface area contributed by atoms with E-state index in [-0.39, 0.29) is 5.97 Å². The van der Waals surface area contributed by atoms with Gasteiger partial charge in [0.15, 0.2) is 0 Å². The predicted octanol–water partition coefficient (Wildman–Crippen LogP) is 2.13. The van der Waals surface area contributed by atoms with Gasteiger partial charge in [0.2, 0.25) is 0 Å². The van der Waals surface area contributed by atoms with E-state index in [9.17, 15) is 4.79 Å². The topological polar surface area (TPSA) is 47.6 Å². The second kappa shape index (κ2) is 7.26. The minimum Gasteiger partial charge on any atom is -0.459 e. The van der Waals surface area contributed by atoms with E-state index in [0.29, 0.717) is 13.2 Å². The molecule has 1 atom stereocenters. The smallest absolute Gasteiger partial charge is 0.326 e. The van der Waals surface area contributed by atoms with Crippen molar-refractivity contribution >= 4 is 5.97 Å². The minimum absolute atomic E-state index is 0.289. The van der Waals surface area contributed by atoms with E-state index in [4.69, 9.17) is 9.47 Å². The molecule has 0 aliphatic rings. The fourth-order valence-electron chi connectivity index (χ4n) is 1.51. The summed E-state index contributed by atoms with van der Waals surface area (Å²) in [7, 11) is 1.72. The number of likely N-dealkylation sites (N-methyl/N-ethyl adjacent to an activating group) is 1. The predicted molar refractivity (Wildman–Crippen MR) is 74.8 cm³/mol. The summed E-state index contributed by atoms with van der Waals surface area (Å²) in [6.07, 6.45) is 0. The van der Waals surface area contributed by atoms with Crippen LogP contribution in [-0.4, -0.2) is 31.3 Å². The summed E-state index contributed by atoms with van der Waals surface area (Å²) >= 11 is 0. The lowest BCUT2D eigenvalue weighted by molar-refractivity contribution is -0.159. The Morgan fingerprint density at radius 3 is 2.42 bits per heavy atom. The SMILES string of the molecule is CN[C@@H](COCc1ccccc1)C(=O)OC(C)(C)C. The molecule has 106 valence electrons. The number of esters is 1. The first-order valence-corrected chi connectivity index (χ1v) is 6.44. The fraction of sp³-hybridized carbons (Fsp3) is 0.533. The van der Waals surface area contributed by atoms with Crippen molar-refractivity contribution < 1.29 is 14.3 Å². The summed E-state index contributed by atoms with van der Waals surface area (Å²) < 4.78 is 10.9. The number of benzene rings is 1. The minimum atomic E-state index is -0.481. The van der Waals surface area contributed by atoms with Gasteiger partial charge in [-0.3, -0.25) is 4.79 Å². The molecular formula is C15H23NO3. The Balaban J connectivity index is 2.38. The molecule has 0 unspecified atom stereocenters. The van der Waals surface area contributed by atoms with Gasteiger partial charge in [0.25, 0.3) is 0 Å². The number of carbonyl (C=O) groups is 1. The Morgan fingerprint density at radius 2 is 1.89 bits per heavy atom. The molecule has 0 radical (unpaired) electrons. The zero-order chi connectivity index (χ0) is 14.3. The monoisotopic (exact) mass is 265 g/mol. The summed E-state index contributed by atoms with van der Waals surface area (Å²) in [5.41, 5.74) is 0.604. The zero-order valence-corrected chi connectivity index (χ0v) is 12.1. The van der Waals surface area contributed by atoms with Crippen LogP contribution in [0.3, 0.4) is 0 Å². The first-order valence-electron chi connectivity index (χ1n) is 6.44. The number of carbonyl (C=O) groups excluding carboxylic acids is 1. The molecule has 0 aliphatic heterocycles. The van der Waals surface area contributed by atoms with Gasteiger partial charge in [-0.1, -0.05) is 30.3 Å². The van der Waals surface area contributed by atoms with Crippen molar-refractivity contribution in [2.75, 3.05) is 13.7 Å². The van der Waals surface area contributed by atoms with Crippen molar-refractivity contribution in [2.45, 2.75) is 39.0 Å². The van der Waals surface area contributed by atoms with Gasteiger partial charge in [-0.05, 0) is 33.4 Å². The average Bonchev–Trinajstić information content (AvgIpc) is 2.33. The number of hydrogen-bond acceptors (Lipinski definition) is 4. The lowest BCUT2D eigenvalue weighted by Crippen LogP contribution is -2.42. The van der Waals surface area contributed by atoms with Crippen LogP contribution in [0.1, 0.15) is 26.3 Å². The maximum absolute atomic E-state index is 11.9. The molecule has 4 heteroatoms. The Hall–Kier alpha value is -1.39. The first-order chi connectivity index (χ1) is 8.92. The highest BCUT2D eigenvalue weighted by Crippen LogP contribution is 2.09. The molecule has 1 N–H and O–H groups in total. The van der Waals surface area contributed by atoms with Crippen molar-refractivity contribution in [3.8, 4) is 0 Å². The van der Waals surface area contributed by atoms with Crippen LogP contribution < -0.4 is 5.32 Å². The summed E-state index contributed by atoms with van der Waals surface area (Å²) in [5.74, 6) is -0.289. The van der Waals surface area contributed by atoms with Gasteiger partial charge in [-0.25, -0.2) is 0 Å². The van der Waals surface area contributed by atoms with Gasteiger partial charge in [0, 0.05) is 0 Å². The Morgan fingerprint density at radius 1 is 1.26 bits per heavy atom. The second-order valence-corrected chi connectivity index (χ2v) is 5.38. The third-order valence-corrected chi connectivity index (χ3v) is 2.44. The highest BCUT2D eigenvalue weighted by Gasteiger charge is 2.23. The van der Waals surface area contributed by atoms with Gasteiger partial charge in [-0.15, -0.1) is 0 Å². The number of rotatable bonds is 6. The van der Waals surface area contributed by atoms with Crippen LogP contribution >= 0.6 is 0 Å². The zero-order valence-electron chi connectivity index (χ0n) is 12.1. The fourth-order valence-corrected chi connectivity index (χ4v) is 1.51. The van der Waals surface area contributed by atoms with Crippen LogP contribution in [-0.2, 0) is 20.9 Å². The van der Waals surface area contributed by atoms with E-state index in [1.807, 2.05) is 51.1 Å². The molecule has 0 saturated carbocycles. The first kappa shape index (κ1) is 15.7. The van der Waals surface area contributed by atoms with E-state index in [0.717, 1.165) is 5.56 Å². The van der Waals surface area contributed by atoms with E-state index >= 15 is 0 Å². The van der Waals surface area contributed by atoms with Gasteiger partial charge in [-0.2, -0.15) is 0 Å². The van der Waals surface area contributed by atoms with Crippen molar-refractivity contribution in [1.82, 2.24) is 5.32 Å². The third-order valence-electron chi connectivity index (χ3n) is 2.44. The summed E-state index contributed by atoms with van der Waals surface area (Å²) in [5, 5.41) is 2.91. The molecule has 1 rings (SSSR count). The number of nitrogens with one attached hydrogen (secondary N) is 1. The van der Waals surface area contributed by atoms with Crippen LogP contribution in [0, 0.1) is 0 Å². The van der Waals surface area contributed by atoms with Gasteiger partial charge >= 0.3 is 5.97 Å². The quantitative estimate of drug-likeness (QED) is 0.801. The maximum atomic E-state index is 11.9. The van der Waals surface area contributed by atoms with Crippen molar-refractivity contribution in [3.05, 3.63) is 35.9 Å². The molecule has 4 nitrogen and oxygen atoms in total. The normalized spacial score (nSPS) is 13.1. The number of ether oxygens (including phenoxy) is 2. The third kappa shape index (κ3) is 6.36. The lowest BCUT2D eigenvalue weighted by Gasteiger charge is -2.23. The van der Waals surface area contributed by atoms with Gasteiger partial charge in [0.05, 0.1) is 13.2 Å². The summed E-state index contributed by atoms with van der Waals surface area (Å²) in [6.45, 7) is 6.33. The molecule has 0 spiro atoms. The Labute approximate surface area is 115 Å². The second-order valence-electron chi connectivity index (χ2n) is 5.38. The Bertz CT molecular complexity index is 384. The lowest BCUT2D eigenvalue weighted by atomic mass is 10.2. The summed E-state index contributed by atoms with van der Waals surface area (Å²) in [6, 6.07) is 9.41. The summed E-state index contributed by atoms with van der Waals surface area (Å²) in [4.78, 5) is 11.9. The van der Waals surface area contributed by atoms with E-state index in [1.54, 1.807) is 7.05 Å². The van der Waals surface area contributed by atoms with E-state index in [1.165, 1.54) is 0 Å². The molecule has 0 fully saturated rings. The van der Waals surface area contributed by atoms with Crippen molar-refractivity contribution in [3.63, 3.8) is 0 Å². The molecule has 0 amide bonds.